The predicted octanol–water partition coefficient (Wildman–Crippen LogP) is 2.17. The Balaban J connectivity index is 1.59. The normalized spacial score (nSPS) is 35.1. The van der Waals surface area contributed by atoms with Gasteiger partial charge in [-0.05, 0) is 25.7 Å². The second-order valence-electron chi connectivity index (χ2n) is 6.49. The van der Waals surface area contributed by atoms with Crippen LogP contribution < -0.4 is 15.0 Å². The standard InChI is InChI=1S/C16H23BrN4O/c1-22-13-8-12(9-18-10-13)20-5-2-6-21-15-7-11(17)3-4-14(15)19-16(20)21/h8-11,14-16,19H,2-7H2,1H3. The van der Waals surface area contributed by atoms with Crippen molar-refractivity contribution < 1.29 is 4.74 Å². The summed E-state index contributed by atoms with van der Waals surface area (Å²) in [5, 5.41) is 3.86. The van der Waals surface area contributed by atoms with E-state index in [1.165, 1.54) is 32.2 Å². The van der Waals surface area contributed by atoms with Crippen molar-refractivity contribution in [2.75, 3.05) is 25.1 Å². The van der Waals surface area contributed by atoms with Crippen molar-refractivity contribution >= 4 is 21.6 Å². The fourth-order valence-electron chi connectivity index (χ4n) is 4.18. The highest BCUT2D eigenvalue weighted by Gasteiger charge is 2.47. The Labute approximate surface area is 140 Å². The van der Waals surface area contributed by atoms with Gasteiger partial charge in [0.2, 0.25) is 0 Å². The van der Waals surface area contributed by atoms with Crippen LogP contribution in [0.2, 0.25) is 0 Å². The number of hydrogen-bond donors (Lipinski definition) is 1. The molecular formula is C16H23BrN4O. The average molecular weight is 367 g/mol. The fourth-order valence-corrected chi connectivity index (χ4v) is 4.82. The molecule has 2 aliphatic heterocycles. The molecule has 0 spiro atoms. The van der Waals surface area contributed by atoms with E-state index in [1.807, 2.05) is 6.20 Å². The molecule has 2 saturated heterocycles. The maximum atomic E-state index is 5.34. The molecule has 6 heteroatoms. The molecule has 1 aliphatic carbocycles. The van der Waals surface area contributed by atoms with Crippen LogP contribution in [0, 0.1) is 0 Å². The van der Waals surface area contributed by atoms with E-state index in [0.717, 1.165) is 18.0 Å². The quantitative estimate of drug-likeness (QED) is 0.812. The molecule has 4 unspecified atom stereocenters. The number of anilines is 1. The first kappa shape index (κ1) is 14.7. The van der Waals surface area contributed by atoms with E-state index in [9.17, 15) is 0 Å². The van der Waals surface area contributed by atoms with E-state index in [-0.39, 0.29) is 0 Å². The van der Waals surface area contributed by atoms with Crippen molar-refractivity contribution in [3.05, 3.63) is 18.5 Å². The zero-order valence-electron chi connectivity index (χ0n) is 12.9. The van der Waals surface area contributed by atoms with Gasteiger partial charge in [0.1, 0.15) is 12.0 Å². The number of hydrogen-bond acceptors (Lipinski definition) is 5. The number of pyridine rings is 1. The molecule has 1 saturated carbocycles. The lowest BCUT2D eigenvalue weighted by atomic mass is 9.91. The summed E-state index contributed by atoms with van der Waals surface area (Å²) in [6.07, 6.45) is 9.00. The van der Waals surface area contributed by atoms with E-state index in [4.69, 9.17) is 4.74 Å². The first-order valence-corrected chi connectivity index (χ1v) is 9.09. The highest BCUT2D eigenvalue weighted by molar-refractivity contribution is 9.09. The Morgan fingerprint density at radius 3 is 3.09 bits per heavy atom. The van der Waals surface area contributed by atoms with E-state index >= 15 is 0 Å². The SMILES string of the molecule is COc1cncc(N2CCCN3C4CC(Br)CCC4NC23)c1. The molecule has 1 aromatic rings. The van der Waals surface area contributed by atoms with E-state index in [0.29, 0.717) is 23.2 Å². The summed E-state index contributed by atoms with van der Waals surface area (Å²) in [7, 11) is 1.70. The molecule has 3 aliphatic rings. The summed E-state index contributed by atoms with van der Waals surface area (Å²) in [5.41, 5.74) is 1.15. The zero-order valence-corrected chi connectivity index (χ0v) is 14.5. The summed E-state index contributed by atoms with van der Waals surface area (Å²) in [6.45, 7) is 2.26. The van der Waals surface area contributed by atoms with E-state index < -0.39 is 0 Å². The first-order chi connectivity index (χ1) is 10.8. The molecule has 3 heterocycles. The average Bonchev–Trinajstić information content (AvgIpc) is 2.93. The Morgan fingerprint density at radius 1 is 1.32 bits per heavy atom. The lowest BCUT2D eigenvalue weighted by Gasteiger charge is -2.43. The number of nitrogens with one attached hydrogen (secondary N) is 1. The third-order valence-electron chi connectivity index (χ3n) is 5.23. The van der Waals surface area contributed by atoms with Gasteiger partial charge in [-0.3, -0.25) is 15.2 Å². The molecule has 1 N–H and O–H groups in total. The van der Waals surface area contributed by atoms with Crippen LogP contribution in [-0.4, -0.2) is 53.3 Å². The number of fused-ring (bicyclic) bond motifs is 3. The van der Waals surface area contributed by atoms with Crippen LogP contribution in [0.5, 0.6) is 5.75 Å². The van der Waals surface area contributed by atoms with Crippen LogP contribution >= 0.6 is 15.9 Å². The smallest absolute Gasteiger partial charge is 0.139 e. The van der Waals surface area contributed by atoms with Gasteiger partial charge in [0, 0.05) is 36.1 Å². The first-order valence-electron chi connectivity index (χ1n) is 8.18. The lowest BCUT2D eigenvalue weighted by Crippen LogP contribution is -2.56. The van der Waals surface area contributed by atoms with Crippen molar-refractivity contribution in [1.82, 2.24) is 15.2 Å². The molecule has 1 aromatic heterocycles. The third kappa shape index (κ3) is 2.51. The van der Waals surface area contributed by atoms with Crippen molar-refractivity contribution in [1.29, 1.82) is 0 Å². The topological polar surface area (TPSA) is 40.6 Å². The molecule has 22 heavy (non-hydrogen) atoms. The van der Waals surface area contributed by atoms with Gasteiger partial charge in [-0.1, -0.05) is 15.9 Å². The number of nitrogens with zero attached hydrogens (tertiary/aromatic N) is 3. The second kappa shape index (κ2) is 5.98. The summed E-state index contributed by atoms with van der Waals surface area (Å²) in [5.74, 6) is 0.825. The molecule has 0 aromatic carbocycles. The third-order valence-corrected chi connectivity index (χ3v) is 6.06. The molecule has 0 bridgehead atoms. The number of halogens is 1. The van der Waals surface area contributed by atoms with Crippen molar-refractivity contribution in [3.63, 3.8) is 0 Å². The van der Waals surface area contributed by atoms with Crippen LogP contribution in [0.4, 0.5) is 5.69 Å². The lowest BCUT2D eigenvalue weighted by molar-refractivity contribution is 0.139. The molecule has 0 amide bonds. The monoisotopic (exact) mass is 366 g/mol. The number of rotatable bonds is 2. The summed E-state index contributed by atoms with van der Waals surface area (Å²) < 4.78 is 5.34. The highest BCUT2D eigenvalue weighted by Crippen LogP contribution is 2.37. The van der Waals surface area contributed by atoms with Gasteiger partial charge in [-0.15, -0.1) is 0 Å². The minimum Gasteiger partial charge on any atom is -0.495 e. The van der Waals surface area contributed by atoms with Gasteiger partial charge in [0.25, 0.3) is 0 Å². The Hall–Kier alpha value is -0.850. The predicted molar refractivity (Wildman–Crippen MR) is 90.5 cm³/mol. The van der Waals surface area contributed by atoms with Crippen LogP contribution in [0.1, 0.15) is 25.7 Å². The Bertz CT molecular complexity index is 543. The van der Waals surface area contributed by atoms with E-state index in [2.05, 4.69) is 42.1 Å². The number of alkyl halides is 1. The molecule has 5 nitrogen and oxygen atoms in total. The van der Waals surface area contributed by atoms with Crippen molar-refractivity contribution in [2.24, 2.45) is 0 Å². The van der Waals surface area contributed by atoms with Gasteiger partial charge >= 0.3 is 0 Å². The van der Waals surface area contributed by atoms with Gasteiger partial charge in [-0.25, -0.2) is 0 Å². The molecular weight excluding hydrogens is 344 g/mol. The summed E-state index contributed by atoms with van der Waals surface area (Å²) >= 11 is 3.83. The second-order valence-corrected chi connectivity index (χ2v) is 7.79. The molecule has 0 radical (unpaired) electrons. The molecule has 4 rings (SSSR count). The Kier molecular flexibility index (Phi) is 4.00. The number of aromatic nitrogens is 1. The van der Waals surface area contributed by atoms with Gasteiger partial charge in [-0.2, -0.15) is 0 Å². The van der Waals surface area contributed by atoms with Gasteiger partial charge in [0.05, 0.1) is 25.2 Å². The van der Waals surface area contributed by atoms with Crippen LogP contribution in [0.15, 0.2) is 18.5 Å². The highest BCUT2D eigenvalue weighted by atomic mass is 79.9. The van der Waals surface area contributed by atoms with Crippen LogP contribution in [-0.2, 0) is 0 Å². The van der Waals surface area contributed by atoms with Gasteiger partial charge < -0.3 is 9.64 Å². The summed E-state index contributed by atoms with van der Waals surface area (Å²) in [4.78, 5) is 10.1. The summed E-state index contributed by atoms with van der Waals surface area (Å²) in [6, 6.07) is 3.37. The number of ether oxygens (including phenoxy) is 1. The Morgan fingerprint density at radius 2 is 2.23 bits per heavy atom. The largest absolute Gasteiger partial charge is 0.495 e. The molecule has 120 valence electrons. The molecule has 3 fully saturated rings. The van der Waals surface area contributed by atoms with Crippen LogP contribution in [0.3, 0.4) is 0 Å². The number of methoxy groups -OCH3 is 1. The fraction of sp³-hybridized carbons (Fsp3) is 0.688. The zero-order chi connectivity index (χ0) is 15.1. The minimum atomic E-state index is 0.301. The maximum absolute atomic E-state index is 5.34. The maximum Gasteiger partial charge on any atom is 0.139 e. The molecule has 4 atom stereocenters. The van der Waals surface area contributed by atoms with Crippen molar-refractivity contribution in [2.45, 2.75) is 48.9 Å². The van der Waals surface area contributed by atoms with Gasteiger partial charge in [0.15, 0.2) is 0 Å². The minimum absolute atomic E-state index is 0.301. The van der Waals surface area contributed by atoms with Crippen molar-refractivity contribution in [3.8, 4) is 5.75 Å². The van der Waals surface area contributed by atoms with E-state index in [1.54, 1.807) is 13.3 Å². The van der Waals surface area contributed by atoms with Crippen LogP contribution in [0.25, 0.3) is 0 Å².